The van der Waals surface area contributed by atoms with Crippen molar-refractivity contribution in [3.05, 3.63) is 71.5 Å². The third-order valence-corrected chi connectivity index (χ3v) is 6.18. The van der Waals surface area contributed by atoms with Gasteiger partial charge in [0.25, 0.3) is 5.91 Å². The Morgan fingerprint density at radius 1 is 1.06 bits per heavy atom. The van der Waals surface area contributed by atoms with Crippen LogP contribution in [0.4, 0.5) is 5.82 Å². The van der Waals surface area contributed by atoms with Crippen LogP contribution in [0.3, 0.4) is 0 Å². The van der Waals surface area contributed by atoms with Crippen molar-refractivity contribution in [2.75, 3.05) is 26.0 Å². The molecule has 4 rings (SSSR count). The van der Waals surface area contributed by atoms with Crippen molar-refractivity contribution in [3.8, 4) is 17.0 Å². The molecule has 0 saturated heterocycles. The predicted molar refractivity (Wildman–Crippen MR) is 143 cm³/mol. The molecule has 1 fully saturated rings. The predicted octanol–water partition coefficient (Wildman–Crippen LogP) is 4.82. The lowest BCUT2D eigenvalue weighted by molar-refractivity contribution is 0.0959. The number of Topliss-reactive ketones (excluding diaryl/α,β-unsaturated/α-hetero) is 1. The zero-order valence-corrected chi connectivity index (χ0v) is 21.3. The molecule has 0 radical (unpaired) electrons. The van der Waals surface area contributed by atoms with Crippen LogP contribution in [0.25, 0.3) is 11.3 Å². The normalized spacial score (nSPS) is 13.3. The minimum absolute atomic E-state index is 0. The van der Waals surface area contributed by atoms with Gasteiger partial charge in [-0.05, 0) is 36.5 Å². The van der Waals surface area contributed by atoms with Gasteiger partial charge < -0.3 is 15.4 Å². The quantitative estimate of drug-likeness (QED) is 0.394. The Hall–Kier alpha value is -3.39. The molecule has 1 amide bonds. The summed E-state index contributed by atoms with van der Waals surface area (Å²) >= 11 is 0. The van der Waals surface area contributed by atoms with E-state index in [1.165, 1.54) is 19.2 Å². The number of nitrogens with one attached hydrogen (secondary N) is 2. The molecule has 35 heavy (non-hydrogen) atoms. The first-order chi connectivity index (χ1) is 16.5. The Morgan fingerprint density at radius 2 is 1.77 bits per heavy atom. The van der Waals surface area contributed by atoms with Crippen molar-refractivity contribution < 1.29 is 14.3 Å². The summed E-state index contributed by atoms with van der Waals surface area (Å²) in [5.74, 6) is 2.15. The average Bonchev–Trinajstić information content (AvgIpc) is 3.70. The van der Waals surface area contributed by atoms with E-state index < -0.39 is 0 Å². The van der Waals surface area contributed by atoms with Gasteiger partial charge in [-0.15, -0.1) is 0 Å². The molecule has 8 heteroatoms. The molecule has 1 saturated carbocycles. The summed E-state index contributed by atoms with van der Waals surface area (Å²) in [7, 11) is 3.21. The summed E-state index contributed by atoms with van der Waals surface area (Å²) in [5, 5.41) is 6.00. The monoisotopic (exact) mass is 492 g/mol. The van der Waals surface area contributed by atoms with Crippen LogP contribution in [0.1, 0.15) is 58.4 Å². The number of benzene rings is 2. The number of methoxy groups -OCH3 is 1. The van der Waals surface area contributed by atoms with Gasteiger partial charge in [0, 0.05) is 48.7 Å². The second-order valence-corrected chi connectivity index (χ2v) is 8.75. The van der Waals surface area contributed by atoms with Crippen molar-refractivity contribution >= 4 is 31.0 Å². The van der Waals surface area contributed by atoms with Crippen LogP contribution in [-0.2, 0) is 0 Å². The topological polar surface area (TPSA) is 93.2 Å². The summed E-state index contributed by atoms with van der Waals surface area (Å²) in [5.41, 5.74) is 4.05. The molecule has 1 aliphatic carbocycles. The highest BCUT2D eigenvalue weighted by Crippen LogP contribution is 2.33. The summed E-state index contributed by atoms with van der Waals surface area (Å²) in [6.07, 6.45) is 4.53. The van der Waals surface area contributed by atoms with Crippen molar-refractivity contribution in [3.63, 3.8) is 0 Å². The molecule has 7 nitrogen and oxygen atoms in total. The second-order valence-electron chi connectivity index (χ2n) is 8.75. The highest BCUT2D eigenvalue weighted by atomic mass is 32.1. The van der Waals surface area contributed by atoms with E-state index in [0.29, 0.717) is 36.0 Å². The van der Waals surface area contributed by atoms with Crippen molar-refractivity contribution in [2.45, 2.75) is 32.1 Å². The Bertz CT molecular complexity index is 1180. The van der Waals surface area contributed by atoms with Crippen LogP contribution in [0.2, 0.25) is 0 Å². The summed E-state index contributed by atoms with van der Waals surface area (Å²) in [6, 6.07) is 15.0. The summed E-state index contributed by atoms with van der Waals surface area (Å²) in [4.78, 5) is 33.0. The lowest BCUT2D eigenvalue weighted by Gasteiger charge is -2.17. The van der Waals surface area contributed by atoms with E-state index >= 15 is 0 Å². The van der Waals surface area contributed by atoms with Gasteiger partial charge in [0.2, 0.25) is 0 Å². The molecule has 1 aromatic heterocycles. The van der Waals surface area contributed by atoms with Crippen LogP contribution >= 0.6 is 13.5 Å². The Balaban J connectivity index is 0.00000342. The number of carbonyl (C=O) groups excluding carboxylic acids is 2. The van der Waals surface area contributed by atoms with Gasteiger partial charge in [0.1, 0.15) is 17.9 Å². The number of hydrogen-bond donors (Lipinski definition) is 2. The number of rotatable bonds is 10. The molecular weight excluding hydrogens is 460 g/mol. The fraction of sp³-hybridized carbons (Fsp3) is 0.333. The Morgan fingerprint density at radius 3 is 2.43 bits per heavy atom. The van der Waals surface area contributed by atoms with Gasteiger partial charge in [-0.3, -0.25) is 9.59 Å². The standard InChI is InChI=1S/C27H30N4O3.H2S/c1-17(22-11-10-21(27(33)28-2)13-25(22)34-3)15-29-26-14-23(30-16-31-26)19-6-8-20(9-7-19)24(32)12-18-4-5-18;/h6-11,13-14,16-18H,4-5,12,15H2,1-3H3,(H,28,33)(H,29,30,31);1H2/t17-;/m1./s1. The van der Waals surface area contributed by atoms with Gasteiger partial charge in [-0.1, -0.05) is 37.3 Å². The van der Waals surface area contributed by atoms with Crippen molar-refractivity contribution in [2.24, 2.45) is 5.92 Å². The molecule has 1 atom stereocenters. The third-order valence-electron chi connectivity index (χ3n) is 6.18. The molecule has 3 aromatic rings. The average molecular weight is 493 g/mol. The number of nitrogens with zero attached hydrogens (tertiary/aromatic N) is 2. The third kappa shape index (κ3) is 6.60. The molecule has 2 N–H and O–H groups in total. The first-order valence-electron chi connectivity index (χ1n) is 11.6. The minimum Gasteiger partial charge on any atom is -0.496 e. The van der Waals surface area contributed by atoms with E-state index in [9.17, 15) is 9.59 Å². The number of ether oxygens (including phenoxy) is 1. The maximum atomic E-state index is 12.3. The van der Waals surface area contributed by atoms with E-state index in [4.69, 9.17) is 4.74 Å². The first-order valence-corrected chi connectivity index (χ1v) is 11.6. The molecule has 0 aliphatic heterocycles. The maximum Gasteiger partial charge on any atom is 0.251 e. The van der Waals surface area contributed by atoms with Crippen LogP contribution in [0.5, 0.6) is 5.75 Å². The van der Waals surface area contributed by atoms with E-state index in [-0.39, 0.29) is 31.1 Å². The fourth-order valence-corrected chi connectivity index (χ4v) is 3.91. The van der Waals surface area contributed by atoms with Gasteiger partial charge in [0.15, 0.2) is 5.78 Å². The van der Waals surface area contributed by atoms with E-state index in [1.54, 1.807) is 26.3 Å². The van der Waals surface area contributed by atoms with Crippen LogP contribution in [0, 0.1) is 5.92 Å². The molecule has 2 aromatic carbocycles. The number of carbonyl (C=O) groups is 2. The lowest BCUT2D eigenvalue weighted by atomic mass is 9.98. The molecule has 0 unspecified atom stereocenters. The number of anilines is 1. The van der Waals surface area contributed by atoms with Gasteiger partial charge in [0.05, 0.1) is 12.8 Å². The zero-order valence-electron chi connectivity index (χ0n) is 20.3. The summed E-state index contributed by atoms with van der Waals surface area (Å²) < 4.78 is 5.52. The van der Waals surface area contributed by atoms with E-state index in [1.807, 2.05) is 36.4 Å². The highest BCUT2D eigenvalue weighted by molar-refractivity contribution is 7.59. The van der Waals surface area contributed by atoms with Crippen LogP contribution in [0.15, 0.2) is 54.9 Å². The number of ketones is 1. The van der Waals surface area contributed by atoms with Crippen LogP contribution < -0.4 is 15.4 Å². The molecule has 0 bridgehead atoms. The van der Waals surface area contributed by atoms with E-state index in [2.05, 4.69) is 27.5 Å². The zero-order chi connectivity index (χ0) is 24.1. The maximum absolute atomic E-state index is 12.3. The molecular formula is C27H32N4O3S. The SMILES string of the molecule is CNC(=O)c1ccc([C@H](C)CNc2cc(-c3ccc(C(=O)CC4CC4)cc3)ncn2)c(OC)c1.S. The number of hydrogen-bond acceptors (Lipinski definition) is 6. The van der Waals surface area contributed by atoms with Gasteiger partial charge >= 0.3 is 0 Å². The molecule has 184 valence electrons. The van der Waals surface area contributed by atoms with Gasteiger partial charge in [-0.25, -0.2) is 9.97 Å². The van der Waals surface area contributed by atoms with Crippen LogP contribution in [-0.4, -0.2) is 42.4 Å². The van der Waals surface area contributed by atoms with Crippen molar-refractivity contribution in [1.82, 2.24) is 15.3 Å². The lowest BCUT2D eigenvalue weighted by Crippen LogP contribution is -2.18. The highest BCUT2D eigenvalue weighted by Gasteiger charge is 2.24. The smallest absolute Gasteiger partial charge is 0.251 e. The molecule has 1 heterocycles. The van der Waals surface area contributed by atoms with Gasteiger partial charge in [-0.2, -0.15) is 13.5 Å². The number of aromatic nitrogens is 2. The summed E-state index contributed by atoms with van der Waals surface area (Å²) in [6.45, 7) is 2.71. The number of amides is 1. The fourth-order valence-electron chi connectivity index (χ4n) is 3.91. The largest absolute Gasteiger partial charge is 0.496 e. The van der Waals surface area contributed by atoms with E-state index in [0.717, 1.165) is 22.4 Å². The molecule has 1 aliphatic rings. The minimum atomic E-state index is -0.149. The Kier molecular flexibility index (Phi) is 8.87. The Labute approximate surface area is 213 Å². The second kappa shape index (κ2) is 11.8. The molecule has 0 spiro atoms. The van der Waals surface area contributed by atoms with Crippen molar-refractivity contribution in [1.29, 1.82) is 0 Å². The first kappa shape index (κ1) is 26.2.